The number of ether oxygens (including phenoxy) is 2. The summed E-state index contributed by atoms with van der Waals surface area (Å²) >= 11 is 0. The highest BCUT2D eigenvalue weighted by Gasteiger charge is 2.13. The van der Waals surface area contributed by atoms with E-state index in [0.29, 0.717) is 36.8 Å². The smallest absolute Gasteiger partial charge is 0.251 e. The molecule has 140 valence electrons. The first-order valence-electron chi connectivity index (χ1n) is 9.14. The van der Waals surface area contributed by atoms with Crippen LogP contribution in [0.15, 0.2) is 48.5 Å². The lowest BCUT2D eigenvalue weighted by atomic mass is 10.1. The maximum atomic E-state index is 12.5. The monoisotopic (exact) mass is 356 g/mol. The Morgan fingerprint density at radius 2 is 1.65 bits per heavy atom. The number of carbonyl (C=O) groups excluding carboxylic acids is 1. The lowest BCUT2D eigenvalue weighted by Gasteiger charge is -2.15. The van der Waals surface area contributed by atoms with Gasteiger partial charge in [-0.25, -0.2) is 0 Å². The molecule has 0 heterocycles. The van der Waals surface area contributed by atoms with Crippen molar-refractivity contribution >= 4 is 5.91 Å². The molecule has 26 heavy (non-hydrogen) atoms. The van der Waals surface area contributed by atoms with Crippen molar-refractivity contribution in [2.75, 3.05) is 19.8 Å². The maximum Gasteiger partial charge on any atom is 0.251 e. The van der Waals surface area contributed by atoms with Gasteiger partial charge in [-0.2, -0.15) is 0 Å². The van der Waals surface area contributed by atoms with Crippen molar-refractivity contribution in [3.05, 3.63) is 59.7 Å². The number of rotatable bonds is 10. The SMILES string of the molecule is CCCOc1ccc(C(=O)NCC(N)c2ccccc2)cc1OCCC. The van der Waals surface area contributed by atoms with Crippen LogP contribution in [0.3, 0.4) is 0 Å². The fourth-order valence-electron chi connectivity index (χ4n) is 2.43. The first kappa shape index (κ1) is 19.8. The molecule has 5 nitrogen and oxygen atoms in total. The predicted octanol–water partition coefficient (Wildman–Crippen LogP) is 3.69. The van der Waals surface area contributed by atoms with E-state index in [1.54, 1.807) is 18.2 Å². The van der Waals surface area contributed by atoms with Gasteiger partial charge in [-0.1, -0.05) is 44.2 Å². The zero-order valence-electron chi connectivity index (χ0n) is 15.5. The van der Waals surface area contributed by atoms with Gasteiger partial charge < -0.3 is 20.5 Å². The molecule has 0 radical (unpaired) electrons. The first-order chi connectivity index (χ1) is 12.7. The zero-order chi connectivity index (χ0) is 18.8. The molecule has 2 aromatic carbocycles. The highest BCUT2D eigenvalue weighted by molar-refractivity contribution is 5.94. The summed E-state index contributed by atoms with van der Waals surface area (Å²) in [6.45, 7) is 5.63. The highest BCUT2D eigenvalue weighted by atomic mass is 16.5. The van der Waals surface area contributed by atoms with Crippen molar-refractivity contribution in [1.82, 2.24) is 5.32 Å². The van der Waals surface area contributed by atoms with Gasteiger partial charge >= 0.3 is 0 Å². The van der Waals surface area contributed by atoms with Crippen LogP contribution in [0.5, 0.6) is 11.5 Å². The van der Waals surface area contributed by atoms with Gasteiger partial charge in [0.2, 0.25) is 0 Å². The van der Waals surface area contributed by atoms with Crippen molar-refractivity contribution in [2.24, 2.45) is 5.73 Å². The summed E-state index contributed by atoms with van der Waals surface area (Å²) in [6, 6.07) is 14.7. The molecule has 0 aliphatic heterocycles. The standard InChI is InChI=1S/C21H28N2O3/c1-3-12-25-19-11-10-17(14-20(19)26-13-4-2)21(24)23-15-18(22)16-8-6-5-7-9-16/h5-11,14,18H,3-4,12-13,15,22H2,1-2H3,(H,23,24). The fraction of sp³-hybridized carbons (Fsp3) is 0.381. The Morgan fingerprint density at radius 3 is 2.31 bits per heavy atom. The summed E-state index contributed by atoms with van der Waals surface area (Å²) < 4.78 is 11.4. The zero-order valence-corrected chi connectivity index (χ0v) is 15.5. The Morgan fingerprint density at radius 1 is 1.00 bits per heavy atom. The molecule has 1 atom stereocenters. The minimum absolute atomic E-state index is 0.181. The van der Waals surface area contributed by atoms with Gasteiger partial charge in [0, 0.05) is 18.2 Å². The van der Waals surface area contributed by atoms with Crippen molar-refractivity contribution in [3.63, 3.8) is 0 Å². The average molecular weight is 356 g/mol. The summed E-state index contributed by atoms with van der Waals surface area (Å²) in [7, 11) is 0. The van der Waals surface area contributed by atoms with Gasteiger partial charge in [-0.15, -0.1) is 0 Å². The number of hydrogen-bond acceptors (Lipinski definition) is 4. The van der Waals surface area contributed by atoms with E-state index in [0.717, 1.165) is 18.4 Å². The Kier molecular flexibility index (Phi) is 7.96. The van der Waals surface area contributed by atoms with E-state index in [4.69, 9.17) is 15.2 Å². The molecule has 0 bridgehead atoms. The maximum absolute atomic E-state index is 12.5. The number of carbonyl (C=O) groups is 1. The summed E-state index contributed by atoms with van der Waals surface area (Å²) in [5.74, 6) is 1.08. The van der Waals surface area contributed by atoms with E-state index in [2.05, 4.69) is 5.32 Å². The molecule has 5 heteroatoms. The number of benzene rings is 2. The Hall–Kier alpha value is -2.53. The van der Waals surface area contributed by atoms with E-state index < -0.39 is 0 Å². The van der Waals surface area contributed by atoms with E-state index in [-0.39, 0.29) is 11.9 Å². The van der Waals surface area contributed by atoms with Crippen molar-refractivity contribution in [2.45, 2.75) is 32.7 Å². The molecule has 0 saturated carbocycles. The van der Waals surface area contributed by atoms with Crippen LogP contribution < -0.4 is 20.5 Å². The van der Waals surface area contributed by atoms with Crippen LogP contribution in [0.2, 0.25) is 0 Å². The van der Waals surface area contributed by atoms with Crippen molar-refractivity contribution < 1.29 is 14.3 Å². The van der Waals surface area contributed by atoms with Gasteiger partial charge in [-0.3, -0.25) is 4.79 Å². The summed E-state index contributed by atoms with van der Waals surface area (Å²) in [6.07, 6.45) is 1.79. The van der Waals surface area contributed by atoms with E-state index in [1.807, 2.05) is 44.2 Å². The van der Waals surface area contributed by atoms with Crippen LogP contribution >= 0.6 is 0 Å². The molecule has 2 rings (SSSR count). The van der Waals surface area contributed by atoms with E-state index in [1.165, 1.54) is 0 Å². The van der Waals surface area contributed by atoms with Gasteiger partial charge in [0.25, 0.3) is 5.91 Å². The lowest BCUT2D eigenvalue weighted by molar-refractivity contribution is 0.0950. The quantitative estimate of drug-likeness (QED) is 0.681. The minimum Gasteiger partial charge on any atom is -0.490 e. The minimum atomic E-state index is -0.247. The first-order valence-corrected chi connectivity index (χ1v) is 9.14. The molecular weight excluding hydrogens is 328 g/mol. The van der Waals surface area contributed by atoms with E-state index in [9.17, 15) is 4.79 Å². The van der Waals surface area contributed by atoms with Crippen LogP contribution in [-0.2, 0) is 0 Å². The predicted molar refractivity (Wildman–Crippen MR) is 104 cm³/mol. The summed E-state index contributed by atoms with van der Waals surface area (Å²) in [5.41, 5.74) is 7.65. The van der Waals surface area contributed by atoms with Crippen LogP contribution in [0.1, 0.15) is 48.7 Å². The third-order valence-corrected chi connectivity index (χ3v) is 3.84. The van der Waals surface area contributed by atoms with Gasteiger partial charge in [0.15, 0.2) is 11.5 Å². The van der Waals surface area contributed by atoms with Crippen molar-refractivity contribution in [3.8, 4) is 11.5 Å². The molecular formula is C21H28N2O3. The molecule has 0 aliphatic carbocycles. The topological polar surface area (TPSA) is 73.6 Å². The molecule has 0 fully saturated rings. The second kappa shape index (κ2) is 10.5. The third-order valence-electron chi connectivity index (χ3n) is 3.84. The van der Waals surface area contributed by atoms with Crippen molar-refractivity contribution in [1.29, 1.82) is 0 Å². The second-order valence-corrected chi connectivity index (χ2v) is 6.09. The largest absolute Gasteiger partial charge is 0.490 e. The normalized spacial score (nSPS) is 11.7. The summed E-state index contributed by atoms with van der Waals surface area (Å²) in [5, 5.41) is 2.88. The van der Waals surface area contributed by atoms with Crippen LogP contribution in [0, 0.1) is 0 Å². The van der Waals surface area contributed by atoms with Gasteiger partial charge in [0.05, 0.1) is 13.2 Å². The number of nitrogens with one attached hydrogen (secondary N) is 1. The Labute approximate surface area is 155 Å². The molecule has 3 N–H and O–H groups in total. The van der Waals surface area contributed by atoms with Crippen LogP contribution in [0.25, 0.3) is 0 Å². The molecule has 0 aliphatic rings. The van der Waals surface area contributed by atoms with Crippen LogP contribution in [0.4, 0.5) is 0 Å². The lowest BCUT2D eigenvalue weighted by Crippen LogP contribution is -2.31. The molecule has 0 aromatic heterocycles. The number of hydrogen-bond donors (Lipinski definition) is 2. The summed E-state index contributed by atoms with van der Waals surface area (Å²) in [4.78, 5) is 12.5. The Bertz CT molecular complexity index is 689. The highest BCUT2D eigenvalue weighted by Crippen LogP contribution is 2.29. The number of nitrogens with two attached hydrogens (primary N) is 1. The number of amides is 1. The molecule has 2 aromatic rings. The second-order valence-electron chi connectivity index (χ2n) is 6.09. The molecule has 0 spiro atoms. The van der Waals surface area contributed by atoms with E-state index >= 15 is 0 Å². The molecule has 1 amide bonds. The average Bonchev–Trinajstić information content (AvgIpc) is 2.69. The van der Waals surface area contributed by atoms with Gasteiger partial charge in [0.1, 0.15) is 0 Å². The third kappa shape index (κ3) is 5.77. The fourth-order valence-corrected chi connectivity index (χ4v) is 2.43. The van der Waals surface area contributed by atoms with Gasteiger partial charge in [-0.05, 0) is 36.6 Å². The molecule has 1 unspecified atom stereocenters. The van der Waals surface area contributed by atoms with Crippen LogP contribution in [-0.4, -0.2) is 25.7 Å². The molecule has 0 saturated heterocycles. The Balaban J connectivity index is 2.02.